The number of allylic oxidation sites excluding steroid dienone is 1. The minimum absolute atomic E-state index is 0.0317. The van der Waals surface area contributed by atoms with Crippen molar-refractivity contribution in [1.82, 2.24) is 0 Å². The molecule has 1 aliphatic heterocycles. The van der Waals surface area contributed by atoms with Gasteiger partial charge in [-0.25, -0.2) is 0 Å². The molecule has 1 heterocycles. The van der Waals surface area contributed by atoms with Crippen LogP contribution in [0, 0.1) is 17.3 Å². The molecule has 0 bridgehead atoms. The van der Waals surface area contributed by atoms with Crippen LogP contribution >= 0.6 is 0 Å². The standard InChI is InChI=1S/C31H46O10/c1-8-10-11-12-25(34)39-22-14-13-17(3)15-23-31(37,19(5)29(36)40-23)27(35)26-18(4)16-21(38-20(6)32)28(30(22,26)7)41-24(33)9-2/h15-16,19,21-23,26-28,35,37H,8-14H2,1-7H3/b17-15-/t19-,21+,22+,23-,26+,27+,28-,30+,31-/m0/s1. The van der Waals surface area contributed by atoms with Gasteiger partial charge in [-0.3, -0.25) is 19.2 Å². The number of carbonyl (C=O) groups excluding carboxylic acids is 4. The van der Waals surface area contributed by atoms with Gasteiger partial charge in [-0.1, -0.05) is 44.8 Å². The van der Waals surface area contributed by atoms with Gasteiger partial charge in [-0.05, 0) is 52.2 Å². The molecule has 10 heteroatoms. The molecular formula is C31H46O10. The van der Waals surface area contributed by atoms with Crippen LogP contribution in [-0.4, -0.2) is 70.2 Å². The molecule has 3 rings (SSSR count). The number of aliphatic hydroxyl groups excluding tert-OH is 1. The van der Waals surface area contributed by atoms with Gasteiger partial charge in [0.1, 0.15) is 11.7 Å². The van der Waals surface area contributed by atoms with E-state index in [-0.39, 0.29) is 19.3 Å². The summed E-state index contributed by atoms with van der Waals surface area (Å²) in [6.45, 7) is 11.7. The molecule has 3 aliphatic rings. The summed E-state index contributed by atoms with van der Waals surface area (Å²) in [4.78, 5) is 50.9. The zero-order valence-electron chi connectivity index (χ0n) is 25.3. The van der Waals surface area contributed by atoms with E-state index in [2.05, 4.69) is 0 Å². The van der Waals surface area contributed by atoms with E-state index in [0.717, 1.165) is 18.4 Å². The molecule has 2 N–H and O–H groups in total. The van der Waals surface area contributed by atoms with E-state index in [4.69, 9.17) is 18.9 Å². The van der Waals surface area contributed by atoms with Crippen LogP contribution < -0.4 is 0 Å². The lowest BCUT2D eigenvalue weighted by Gasteiger charge is -2.55. The maximum atomic E-state index is 13.2. The average Bonchev–Trinajstić information content (AvgIpc) is 3.11. The molecule has 0 aromatic rings. The predicted octanol–water partition coefficient (Wildman–Crippen LogP) is 3.71. The van der Waals surface area contributed by atoms with E-state index in [0.29, 0.717) is 18.4 Å². The van der Waals surface area contributed by atoms with E-state index in [1.54, 1.807) is 32.9 Å². The molecule has 1 fully saturated rings. The summed E-state index contributed by atoms with van der Waals surface area (Å²) in [6.07, 6.45) is 0.723. The SMILES string of the molecule is CCCCCC(=O)O[C@@H]1CC/C(C)=C\[C@@H]2OC(=O)[C@H](C)[C@@]2(O)[C@H](O)[C@H]2C(C)=C[C@@H](OC(C)=O)[C@H](OC(=O)CC)[C@@]21C. The lowest BCUT2D eigenvalue weighted by Crippen LogP contribution is -2.66. The van der Waals surface area contributed by atoms with Crippen LogP contribution in [0.5, 0.6) is 0 Å². The third-order valence-corrected chi connectivity index (χ3v) is 9.07. The minimum Gasteiger partial charge on any atom is -0.462 e. The van der Waals surface area contributed by atoms with Crippen LogP contribution in [0.4, 0.5) is 0 Å². The summed E-state index contributed by atoms with van der Waals surface area (Å²) in [7, 11) is 0. The fourth-order valence-electron chi connectivity index (χ4n) is 6.70. The fraction of sp³-hybridized carbons (Fsp3) is 0.742. The molecule has 0 amide bonds. The average molecular weight is 579 g/mol. The summed E-state index contributed by atoms with van der Waals surface area (Å²) in [5, 5.41) is 24.2. The number of hydrogen-bond donors (Lipinski definition) is 2. The number of esters is 4. The van der Waals surface area contributed by atoms with Gasteiger partial charge in [0.2, 0.25) is 0 Å². The molecule has 2 aliphatic carbocycles. The smallest absolute Gasteiger partial charge is 0.312 e. The number of fused-ring (bicyclic) bond motifs is 2. The van der Waals surface area contributed by atoms with Crippen molar-refractivity contribution >= 4 is 23.9 Å². The largest absolute Gasteiger partial charge is 0.462 e. The third-order valence-electron chi connectivity index (χ3n) is 9.07. The summed E-state index contributed by atoms with van der Waals surface area (Å²) in [6, 6.07) is 0. The van der Waals surface area contributed by atoms with Gasteiger partial charge in [0, 0.05) is 25.7 Å². The fourth-order valence-corrected chi connectivity index (χ4v) is 6.70. The monoisotopic (exact) mass is 578 g/mol. The lowest BCUT2D eigenvalue weighted by molar-refractivity contribution is -0.221. The molecular weight excluding hydrogens is 532 g/mol. The Balaban J connectivity index is 2.27. The zero-order valence-corrected chi connectivity index (χ0v) is 25.3. The first-order chi connectivity index (χ1) is 19.2. The predicted molar refractivity (Wildman–Crippen MR) is 148 cm³/mol. The molecule has 0 unspecified atom stereocenters. The van der Waals surface area contributed by atoms with Gasteiger partial charge in [0.05, 0.1) is 17.4 Å². The second kappa shape index (κ2) is 13.1. The molecule has 0 radical (unpaired) electrons. The van der Waals surface area contributed by atoms with Crippen molar-refractivity contribution in [2.45, 2.75) is 130 Å². The molecule has 41 heavy (non-hydrogen) atoms. The first kappa shape index (κ1) is 32.8. The Morgan fingerprint density at radius 3 is 2.37 bits per heavy atom. The molecule has 0 spiro atoms. The number of rotatable bonds is 8. The first-order valence-electron chi connectivity index (χ1n) is 14.7. The van der Waals surface area contributed by atoms with Crippen molar-refractivity contribution in [2.75, 3.05) is 0 Å². The number of aliphatic hydroxyl groups is 2. The third kappa shape index (κ3) is 6.38. The van der Waals surface area contributed by atoms with Crippen molar-refractivity contribution in [3.05, 3.63) is 23.3 Å². The van der Waals surface area contributed by atoms with Gasteiger partial charge in [0.15, 0.2) is 18.3 Å². The number of carbonyl (C=O) groups is 4. The Morgan fingerprint density at radius 2 is 1.76 bits per heavy atom. The van der Waals surface area contributed by atoms with Crippen molar-refractivity contribution in [3.63, 3.8) is 0 Å². The molecule has 1 saturated heterocycles. The Morgan fingerprint density at radius 1 is 1.07 bits per heavy atom. The van der Waals surface area contributed by atoms with Crippen molar-refractivity contribution in [1.29, 1.82) is 0 Å². The van der Waals surface area contributed by atoms with Gasteiger partial charge in [0.25, 0.3) is 0 Å². The second-order valence-electron chi connectivity index (χ2n) is 12.0. The highest BCUT2D eigenvalue weighted by molar-refractivity contribution is 5.77. The van der Waals surface area contributed by atoms with E-state index < -0.39 is 77.2 Å². The van der Waals surface area contributed by atoms with Crippen LogP contribution in [0.1, 0.15) is 93.4 Å². The quantitative estimate of drug-likeness (QED) is 0.189. The van der Waals surface area contributed by atoms with Crippen LogP contribution in [-0.2, 0) is 38.1 Å². The van der Waals surface area contributed by atoms with E-state index in [9.17, 15) is 29.4 Å². The highest BCUT2D eigenvalue weighted by Gasteiger charge is 2.66. The summed E-state index contributed by atoms with van der Waals surface area (Å²) in [5.74, 6) is -4.31. The molecule has 9 atom stereocenters. The van der Waals surface area contributed by atoms with Crippen LogP contribution in [0.2, 0.25) is 0 Å². The maximum absolute atomic E-state index is 13.2. The van der Waals surface area contributed by atoms with E-state index in [1.807, 2.05) is 13.8 Å². The topological polar surface area (TPSA) is 146 Å². The Bertz CT molecular complexity index is 1080. The van der Waals surface area contributed by atoms with Crippen molar-refractivity contribution < 1.29 is 48.3 Å². The van der Waals surface area contributed by atoms with Crippen LogP contribution in [0.3, 0.4) is 0 Å². The first-order valence-corrected chi connectivity index (χ1v) is 14.7. The zero-order chi connectivity index (χ0) is 30.7. The second-order valence-corrected chi connectivity index (χ2v) is 12.0. The Kier molecular flexibility index (Phi) is 10.5. The van der Waals surface area contributed by atoms with Crippen LogP contribution in [0.15, 0.2) is 23.3 Å². The molecule has 0 aromatic heterocycles. The number of hydrogen-bond acceptors (Lipinski definition) is 10. The van der Waals surface area contributed by atoms with Crippen LogP contribution in [0.25, 0.3) is 0 Å². The summed E-state index contributed by atoms with van der Waals surface area (Å²) in [5.41, 5.74) is -2.13. The number of unbranched alkanes of at least 4 members (excludes halogenated alkanes) is 2. The highest BCUT2D eigenvalue weighted by atomic mass is 16.6. The molecule has 10 nitrogen and oxygen atoms in total. The van der Waals surface area contributed by atoms with Gasteiger partial charge >= 0.3 is 23.9 Å². The Labute approximate surface area is 242 Å². The minimum atomic E-state index is -2.04. The van der Waals surface area contributed by atoms with Crippen molar-refractivity contribution in [3.8, 4) is 0 Å². The molecule has 230 valence electrons. The molecule has 0 aromatic carbocycles. The van der Waals surface area contributed by atoms with Gasteiger partial charge in [-0.15, -0.1) is 0 Å². The lowest BCUT2D eigenvalue weighted by atomic mass is 9.55. The summed E-state index contributed by atoms with van der Waals surface area (Å²) < 4.78 is 23.3. The van der Waals surface area contributed by atoms with Gasteiger partial charge in [-0.2, -0.15) is 0 Å². The van der Waals surface area contributed by atoms with E-state index in [1.165, 1.54) is 13.8 Å². The van der Waals surface area contributed by atoms with E-state index >= 15 is 0 Å². The maximum Gasteiger partial charge on any atom is 0.312 e. The molecule has 0 saturated carbocycles. The highest BCUT2D eigenvalue weighted by Crippen LogP contribution is 2.54. The van der Waals surface area contributed by atoms with Crippen molar-refractivity contribution in [2.24, 2.45) is 17.3 Å². The summed E-state index contributed by atoms with van der Waals surface area (Å²) >= 11 is 0. The van der Waals surface area contributed by atoms with Gasteiger partial charge < -0.3 is 29.2 Å². The normalized spacial score (nSPS) is 38.3. The Hall–Kier alpha value is -2.72. The number of ether oxygens (including phenoxy) is 4.